The molecule has 0 spiro atoms. The topological polar surface area (TPSA) is 137 Å². The highest BCUT2D eigenvalue weighted by Crippen LogP contribution is 2.42. The van der Waals surface area contributed by atoms with Crippen LogP contribution in [0.2, 0.25) is 0 Å². The van der Waals surface area contributed by atoms with E-state index in [1.54, 1.807) is 40.3 Å². The number of aryl methyl sites for hydroxylation is 1. The number of likely N-dealkylation sites (tertiary alicyclic amines) is 1. The Morgan fingerprint density at radius 3 is 2.36 bits per heavy atom. The van der Waals surface area contributed by atoms with E-state index in [1.165, 1.54) is 16.2 Å². The fourth-order valence-electron chi connectivity index (χ4n) is 7.61. The largest absolute Gasteiger partial charge is 0.488 e. The Morgan fingerprint density at radius 1 is 0.957 bits per heavy atom. The number of carboxylic acid groups (broad SMARTS) is 1. The summed E-state index contributed by atoms with van der Waals surface area (Å²) < 4.78 is 6.61. The van der Waals surface area contributed by atoms with Crippen molar-refractivity contribution in [1.82, 2.24) is 19.7 Å². The summed E-state index contributed by atoms with van der Waals surface area (Å²) in [6, 6.07) is 11.6. The molecule has 0 bridgehead atoms. The van der Waals surface area contributed by atoms with Crippen LogP contribution in [0.1, 0.15) is 84.7 Å². The number of hydrogen-bond acceptors (Lipinski definition) is 8. The van der Waals surface area contributed by atoms with E-state index in [0.717, 1.165) is 23.4 Å². The molecule has 2 aromatic carbocycles. The van der Waals surface area contributed by atoms with E-state index >= 15 is 0 Å². The zero-order valence-corrected chi connectivity index (χ0v) is 26.9. The summed E-state index contributed by atoms with van der Waals surface area (Å²) in [5.74, 6) is -3.11. The van der Waals surface area contributed by atoms with Crippen LogP contribution in [0.4, 0.5) is 0 Å². The van der Waals surface area contributed by atoms with Crippen molar-refractivity contribution in [2.45, 2.75) is 57.6 Å². The number of benzene rings is 2. The van der Waals surface area contributed by atoms with Crippen molar-refractivity contribution in [3.05, 3.63) is 80.8 Å². The zero-order chi connectivity index (χ0) is 32.8. The van der Waals surface area contributed by atoms with Gasteiger partial charge in [-0.3, -0.25) is 28.9 Å². The van der Waals surface area contributed by atoms with E-state index in [2.05, 4.69) is 4.98 Å². The predicted octanol–water partition coefficient (Wildman–Crippen LogP) is 4.36. The summed E-state index contributed by atoms with van der Waals surface area (Å²) >= 11 is 1.36. The van der Waals surface area contributed by atoms with Gasteiger partial charge >= 0.3 is 5.97 Å². The van der Waals surface area contributed by atoms with Crippen LogP contribution in [0.15, 0.2) is 48.7 Å². The monoisotopic (exact) mass is 656 g/mol. The molecule has 3 unspecified atom stereocenters. The number of aliphatic carboxylic acids is 1. The smallest absolute Gasteiger partial charge is 0.307 e. The number of hydrogen-bond donors (Lipinski definition) is 1. The van der Waals surface area contributed by atoms with E-state index in [0.29, 0.717) is 72.6 Å². The highest BCUT2D eigenvalue weighted by molar-refractivity contribution is 7.13. The molecule has 4 heterocycles. The highest BCUT2D eigenvalue weighted by atomic mass is 32.1. The molecule has 2 fully saturated rings. The van der Waals surface area contributed by atoms with Crippen LogP contribution in [-0.4, -0.2) is 86.7 Å². The lowest BCUT2D eigenvalue weighted by molar-refractivity contribution is -0.153. The molecule has 3 aliphatic heterocycles. The summed E-state index contributed by atoms with van der Waals surface area (Å²) in [4.78, 5) is 76.2. The van der Waals surface area contributed by atoms with Gasteiger partial charge < -0.3 is 19.6 Å². The fraction of sp³-hybridized carbons (Fsp3) is 0.429. The lowest BCUT2D eigenvalue weighted by Crippen LogP contribution is -2.50. The van der Waals surface area contributed by atoms with Crippen LogP contribution >= 0.6 is 11.3 Å². The number of amides is 4. The van der Waals surface area contributed by atoms with E-state index in [4.69, 9.17) is 4.74 Å². The minimum Gasteiger partial charge on any atom is -0.488 e. The third-order valence-electron chi connectivity index (χ3n) is 9.96. The van der Waals surface area contributed by atoms with Crippen molar-refractivity contribution >= 4 is 40.9 Å². The van der Waals surface area contributed by atoms with E-state index in [1.807, 2.05) is 25.1 Å². The van der Waals surface area contributed by atoms with Gasteiger partial charge in [0.25, 0.3) is 17.7 Å². The maximum Gasteiger partial charge on any atom is 0.307 e. The van der Waals surface area contributed by atoms with Gasteiger partial charge in [0.1, 0.15) is 16.7 Å². The Bertz CT molecular complexity index is 1740. The fourth-order valence-corrected chi connectivity index (χ4v) is 8.36. The first-order valence-corrected chi connectivity index (χ1v) is 17.0. The maximum absolute atomic E-state index is 14.3. The average Bonchev–Trinajstić information content (AvgIpc) is 3.80. The van der Waals surface area contributed by atoms with Gasteiger partial charge in [0.2, 0.25) is 5.91 Å². The Morgan fingerprint density at radius 2 is 1.68 bits per heavy atom. The number of carbonyl (C=O) groups is 5. The van der Waals surface area contributed by atoms with Crippen LogP contribution in [0.25, 0.3) is 0 Å². The van der Waals surface area contributed by atoms with Crippen LogP contribution in [0.5, 0.6) is 5.75 Å². The first kappa shape index (κ1) is 31.0. The molecule has 244 valence electrons. The van der Waals surface area contributed by atoms with Crippen LogP contribution in [0, 0.1) is 18.8 Å². The number of aromatic nitrogens is 1. The lowest BCUT2D eigenvalue weighted by atomic mass is 9.77. The second kappa shape index (κ2) is 12.6. The molecule has 11 nitrogen and oxygen atoms in total. The molecule has 1 aromatic heterocycles. The molecule has 4 atom stereocenters. The molecule has 4 amide bonds. The standard InChI is InChI=1S/C35H36N4O7S/c1-20-36-17-29(47-20)34(43)37-15-14-22(18-37)46-28-12-6-7-21-13-16-38(31(40)25-10-4-5-11-26(25)35(44)45)27(30(21)28)19-39-32(41)23-8-2-3-9-24(23)33(39)42/h2-3,6-9,12,17,22,25-27H,4-5,10-11,13-16,18-19H2,1H3,(H,44,45)/t22?,25?,26?,27-/m1/s1. The van der Waals surface area contributed by atoms with Crippen molar-refractivity contribution < 1.29 is 33.8 Å². The number of carbonyl (C=O) groups excluding carboxylic acids is 4. The quantitative estimate of drug-likeness (QED) is 0.371. The summed E-state index contributed by atoms with van der Waals surface area (Å²) in [5, 5.41) is 10.8. The first-order valence-electron chi connectivity index (χ1n) is 16.2. The SMILES string of the molecule is Cc1ncc(C(=O)N2CCC(Oc3cccc4c3[C@@H](CN3C(=O)c5ccccc5C3=O)N(C(=O)C3CCCCC3C(=O)O)CC4)C2)s1. The molecule has 47 heavy (non-hydrogen) atoms. The number of ether oxygens (including phenoxy) is 1. The number of imide groups is 1. The van der Waals surface area contributed by atoms with Crippen molar-refractivity contribution in [2.24, 2.45) is 11.8 Å². The second-order valence-electron chi connectivity index (χ2n) is 12.8. The molecule has 4 aliphatic rings. The van der Waals surface area contributed by atoms with Gasteiger partial charge in [-0.1, -0.05) is 37.1 Å². The van der Waals surface area contributed by atoms with Crippen molar-refractivity contribution in [3.63, 3.8) is 0 Å². The number of fused-ring (bicyclic) bond motifs is 2. The van der Waals surface area contributed by atoms with Gasteiger partial charge in [-0.15, -0.1) is 11.3 Å². The van der Waals surface area contributed by atoms with E-state index in [9.17, 15) is 29.1 Å². The zero-order valence-electron chi connectivity index (χ0n) is 26.1. The van der Waals surface area contributed by atoms with Crippen LogP contribution < -0.4 is 4.74 Å². The molecular weight excluding hydrogens is 620 g/mol. The van der Waals surface area contributed by atoms with Crippen LogP contribution in [0.3, 0.4) is 0 Å². The van der Waals surface area contributed by atoms with Gasteiger partial charge in [0, 0.05) is 25.1 Å². The maximum atomic E-state index is 14.3. The predicted molar refractivity (Wildman–Crippen MR) is 171 cm³/mol. The van der Waals surface area contributed by atoms with Gasteiger partial charge in [-0.25, -0.2) is 4.98 Å². The summed E-state index contributed by atoms with van der Waals surface area (Å²) in [6.07, 6.45) is 4.85. The highest BCUT2D eigenvalue weighted by Gasteiger charge is 2.45. The molecular formula is C35H36N4O7S. The number of rotatable bonds is 7. The minimum absolute atomic E-state index is 0.0856. The Labute approximate surface area is 276 Å². The van der Waals surface area contributed by atoms with Crippen molar-refractivity contribution in [2.75, 3.05) is 26.2 Å². The van der Waals surface area contributed by atoms with Crippen molar-refractivity contribution in [3.8, 4) is 5.75 Å². The molecule has 1 aliphatic carbocycles. The number of nitrogens with zero attached hydrogens (tertiary/aromatic N) is 4. The normalized spacial score (nSPS) is 23.9. The number of carboxylic acids is 1. The third-order valence-corrected chi connectivity index (χ3v) is 10.9. The molecule has 3 aromatic rings. The van der Waals surface area contributed by atoms with Crippen LogP contribution in [-0.2, 0) is 16.0 Å². The van der Waals surface area contributed by atoms with E-state index in [-0.39, 0.29) is 24.5 Å². The molecule has 0 radical (unpaired) electrons. The molecule has 1 N–H and O–H groups in total. The Kier molecular flexibility index (Phi) is 8.29. The average molecular weight is 657 g/mol. The Hall–Kier alpha value is -4.58. The van der Waals surface area contributed by atoms with Gasteiger partial charge in [-0.2, -0.15) is 0 Å². The van der Waals surface area contributed by atoms with E-state index < -0.39 is 35.7 Å². The first-order chi connectivity index (χ1) is 22.7. The lowest BCUT2D eigenvalue weighted by Gasteiger charge is -2.42. The summed E-state index contributed by atoms with van der Waals surface area (Å²) in [6.45, 7) is 3.00. The van der Waals surface area contributed by atoms with Gasteiger partial charge in [0.15, 0.2) is 0 Å². The summed E-state index contributed by atoms with van der Waals surface area (Å²) in [7, 11) is 0. The molecule has 7 rings (SSSR count). The van der Waals surface area contributed by atoms with Gasteiger partial charge in [0.05, 0.1) is 53.3 Å². The molecule has 1 saturated carbocycles. The summed E-state index contributed by atoms with van der Waals surface area (Å²) in [5.41, 5.74) is 2.30. The van der Waals surface area contributed by atoms with Crippen molar-refractivity contribution in [1.29, 1.82) is 0 Å². The minimum atomic E-state index is -0.977. The second-order valence-corrected chi connectivity index (χ2v) is 14.0. The Balaban J connectivity index is 1.21. The molecule has 1 saturated heterocycles. The third kappa shape index (κ3) is 5.68. The number of thiazole rings is 1. The van der Waals surface area contributed by atoms with Gasteiger partial charge in [-0.05, 0) is 49.9 Å². The molecule has 12 heteroatoms.